The summed E-state index contributed by atoms with van der Waals surface area (Å²) in [6.45, 7) is 13.3. The highest BCUT2D eigenvalue weighted by atomic mass is 32.2. The van der Waals surface area contributed by atoms with Gasteiger partial charge < -0.3 is 19.9 Å². The lowest BCUT2D eigenvalue weighted by Gasteiger charge is -2.30. The quantitative estimate of drug-likeness (QED) is 0.288. The van der Waals surface area contributed by atoms with E-state index in [0.29, 0.717) is 11.3 Å². The molecule has 0 bridgehead atoms. The van der Waals surface area contributed by atoms with Gasteiger partial charge in [-0.15, -0.1) is 0 Å². The number of alkyl halides is 3. The van der Waals surface area contributed by atoms with Crippen LogP contribution in [0.3, 0.4) is 0 Å². The third-order valence-electron chi connectivity index (χ3n) is 6.11. The zero-order valence-electron chi connectivity index (χ0n) is 25.7. The Balaban J connectivity index is 2.23. The molecule has 0 saturated heterocycles. The highest BCUT2D eigenvalue weighted by molar-refractivity contribution is 7.92. The van der Waals surface area contributed by atoms with E-state index in [1.807, 2.05) is 26.0 Å². The summed E-state index contributed by atoms with van der Waals surface area (Å²) in [6, 6.07) is 4.09. The second-order valence-electron chi connectivity index (χ2n) is 12.5. The number of aryl methyl sites for hydroxylation is 2. The van der Waals surface area contributed by atoms with Crippen LogP contribution in [0.25, 0.3) is 11.3 Å². The van der Waals surface area contributed by atoms with Crippen molar-refractivity contribution in [3.05, 3.63) is 47.4 Å². The van der Waals surface area contributed by atoms with E-state index in [1.165, 1.54) is 0 Å². The van der Waals surface area contributed by atoms with Crippen LogP contribution < -0.4 is 5.32 Å². The summed E-state index contributed by atoms with van der Waals surface area (Å²) in [7, 11) is -3.80. The van der Waals surface area contributed by atoms with E-state index < -0.39 is 74.4 Å². The maximum absolute atomic E-state index is 14.2. The second-order valence-corrected chi connectivity index (χ2v) is 14.9. The number of carbonyl (C=O) groups is 2. The van der Waals surface area contributed by atoms with Crippen LogP contribution in [-0.4, -0.2) is 66.3 Å². The number of benzene rings is 1. The molecule has 0 saturated carbocycles. The Morgan fingerprint density at radius 1 is 1.00 bits per heavy atom. The van der Waals surface area contributed by atoms with E-state index in [0.717, 1.165) is 23.5 Å². The van der Waals surface area contributed by atoms with Gasteiger partial charge in [-0.25, -0.2) is 13.8 Å². The van der Waals surface area contributed by atoms with Crippen molar-refractivity contribution in [3.8, 4) is 11.3 Å². The summed E-state index contributed by atoms with van der Waals surface area (Å²) in [6.07, 6.45) is -5.78. The number of aromatic nitrogens is 2. The van der Waals surface area contributed by atoms with Crippen LogP contribution in [0, 0.1) is 18.6 Å². The largest absolute Gasteiger partial charge is 0.458 e. The van der Waals surface area contributed by atoms with Crippen molar-refractivity contribution in [1.29, 1.82) is 4.78 Å². The van der Waals surface area contributed by atoms with Crippen molar-refractivity contribution in [2.24, 2.45) is 0 Å². The number of hydrogen-bond donors (Lipinski definition) is 3. The standard InChI is InChI=1S/C29H41F3N4O6S/c1-18-9-10-20(19(2)15-18)22-16-35-23(17-34-22)28(39,29(30,31)32)12-14-43(33,40)13-11-21(24(37)41-26(3,4)5)36-25(38)42-27(6,7)8/h9-10,15-17,21,33,39H,11-14H2,1-8H3,(H,36,38)/t21-,28?,43?/m0/s1. The van der Waals surface area contributed by atoms with Crippen molar-refractivity contribution in [1.82, 2.24) is 15.3 Å². The number of amides is 1. The normalized spacial score (nSPS) is 16.0. The summed E-state index contributed by atoms with van der Waals surface area (Å²) in [5, 5.41) is 13.1. The minimum Gasteiger partial charge on any atom is -0.458 e. The number of esters is 1. The average Bonchev–Trinajstić information content (AvgIpc) is 2.82. The van der Waals surface area contributed by atoms with Gasteiger partial charge in [-0.2, -0.15) is 13.2 Å². The van der Waals surface area contributed by atoms with Crippen LogP contribution >= 0.6 is 0 Å². The van der Waals surface area contributed by atoms with Crippen molar-refractivity contribution in [2.45, 2.75) is 97.3 Å². The van der Waals surface area contributed by atoms with Crippen LogP contribution in [0.2, 0.25) is 0 Å². The molecule has 1 amide bonds. The number of halogens is 3. The summed E-state index contributed by atoms with van der Waals surface area (Å²) in [4.78, 5) is 33.0. The number of carbonyl (C=O) groups excluding carboxylic acids is 2. The van der Waals surface area contributed by atoms with Gasteiger partial charge in [0.15, 0.2) is 0 Å². The maximum atomic E-state index is 14.2. The van der Waals surface area contributed by atoms with Crippen molar-refractivity contribution in [2.75, 3.05) is 11.5 Å². The first-order chi connectivity index (χ1) is 19.4. The van der Waals surface area contributed by atoms with E-state index in [4.69, 9.17) is 14.3 Å². The van der Waals surface area contributed by atoms with E-state index in [-0.39, 0.29) is 6.42 Å². The average molecular weight is 631 g/mol. The molecule has 0 aliphatic rings. The van der Waals surface area contributed by atoms with Gasteiger partial charge in [0.1, 0.15) is 17.2 Å². The fourth-order valence-electron chi connectivity index (χ4n) is 3.99. The number of nitrogens with one attached hydrogen (secondary N) is 2. The van der Waals surface area contributed by atoms with Crippen molar-refractivity contribution in [3.63, 3.8) is 0 Å². The van der Waals surface area contributed by atoms with Gasteiger partial charge >= 0.3 is 18.2 Å². The van der Waals surface area contributed by atoms with Gasteiger partial charge in [-0.1, -0.05) is 23.8 Å². The van der Waals surface area contributed by atoms with Crippen LogP contribution in [0.4, 0.5) is 18.0 Å². The Morgan fingerprint density at radius 2 is 1.60 bits per heavy atom. The number of ether oxygens (including phenoxy) is 2. The Labute approximate surface area is 250 Å². The predicted molar refractivity (Wildman–Crippen MR) is 156 cm³/mol. The first-order valence-electron chi connectivity index (χ1n) is 13.6. The third kappa shape index (κ3) is 10.8. The Morgan fingerprint density at radius 3 is 2.09 bits per heavy atom. The molecule has 0 aliphatic carbocycles. The summed E-state index contributed by atoms with van der Waals surface area (Å²) >= 11 is 0. The number of rotatable bonds is 10. The fraction of sp³-hybridized carbons (Fsp3) is 0.586. The molecule has 1 aromatic heterocycles. The molecular formula is C29H41F3N4O6S. The molecule has 240 valence electrons. The Bertz CT molecular complexity index is 1400. The molecule has 0 radical (unpaired) electrons. The van der Waals surface area contributed by atoms with Crippen LogP contribution in [0.15, 0.2) is 30.6 Å². The smallest absolute Gasteiger partial charge is 0.423 e. The summed E-state index contributed by atoms with van der Waals surface area (Å²) in [5.41, 5.74) is -3.37. The van der Waals surface area contributed by atoms with Crippen molar-refractivity contribution < 1.29 is 41.5 Å². The molecule has 2 rings (SSSR count). The lowest BCUT2D eigenvalue weighted by atomic mass is 9.95. The first-order valence-corrected chi connectivity index (χ1v) is 15.5. The molecule has 0 aliphatic heterocycles. The minimum atomic E-state index is -5.23. The highest BCUT2D eigenvalue weighted by Crippen LogP contribution is 2.41. The zero-order chi connectivity index (χ0) is 33.0. The minimum absolute atomic E-state index is 0.306. The second kappa shape index (κ2) is 13.2. The van der Waals surface area contributed by atoms with Crippen LogP contribution in [0.5, 0.6) is 0 Å². The summed E-state index contributed by atoms with van der Waals surface area (Å²) < 4.78 is 74.2. The molecule has 2 aromatic rings. The first kappa shape index (κ1) is 35.9. The van der Waals surface area contributed by atoms with Gasteiger partial charge in [-0.05, 0) is 67.4 Å². The summed E-state index contributed by atoms with van der Waals surface area (Å²) in [5.74, 6) is -2.34. The maximum Gasteiger partial charge on any atom is 0.423 e. The van der Waals surface area contributed by atoms with E-state index in [9.17, 15) is 32.1 Å². The molecule has 0 spiro atoms. The molecule has 43 heavy (non-hydrogen) atoms. The molecule has 2 unspecified atom stereocenters. The molecule has 3 N–H and O–H groups in total. The topological polar surface area (TPSA) is 152 Å². The molecular weight excluding hydrogens is 589 g/mol. The molecule has 14 heteroatoms. The number of aliphatic hydroxyl groups is 1. The highest BCUT2D eigenvalue weighted by Gasteiger charge is 2.56. The van der Waals surface area contributed by atoms with Crippen LogP contribution in [0.1, 0.15) is 71.2 Å². The SMILES string of the molecule is Cc1ccc(-c2cnc(C(O)(CCS(=N)(=O)CC[C@H](NC(=O)OC(C)(C)C)C(=O)OC(C)(C)C)C(F)(F)F)cn2)c(C)c1. The molecule has 0 fully saturated rings. The molecule has 1 aromatic carbocycles. The van der Waals surface area contributed by atoms with Gasteiger partial charge in [0.2, 0.25) is 5.60 Å². The Hall–Kier alpha value is -3.26. The zero-order valence-corrected chi connectivity index (χ0v) is 26.5. The Kier molecular flexibility index (Phi) is 11.0. The molecule has 1 heterocycles. The van der Waals surface area contributed by atoms with E-state index in [2.05, 4.69) is 15.3 Å². The van der Waals surface area contributed by atoms with Gasteiger partial charge in [-0.3, -0.25) is 14.7 Å². The number of hydrogen-bond acceptors (Lipinski definition) is 9. The van der Waals surface area contributed by atoms with Gasteiger partial charge in [0.05, 0.1) is 23.8 Å². The predicted octanol–water partition coefficient (Wildman–Crippen LogP) is 5.57. The number of nitrogens with zero attached hydrogens (tertiary/aromatic N) is 2. The van der Waals surface area contributed by atoms with Crippen molar-refractivity contribution >= 4 is 21.8 Å². The monoisotopic (exact) mass is 630 g/mol. The van der Waals surface area contributed by atoms with Gasteiger partial charge in [0, 0.05) is 33.2 Å². The van der Waals surface area contributed by atoms with Gasteiger partial charge in [0.25, 0.3) is 0 Å². The van der Waals surface area contributed by atoms with E-state index >= 15 is 0 Å². The number of alkyl carbamates (subject to hydrolysis) is 1. The molecule has 10 nitrogen and oxygen atoms in total. The van der Waals surface area contributed by atoms with E-state index in [1.54, 1.807) is 47.6 Å². The van der Waals surface area contributed by atoms with Crippen LogP contribution in [-0.2, 0) is 29.6 Å². The fourth-order valence-corrected chi connectivity index (χ4v) is 5.44. The molecule has 3 atom stereocenters. The lowest BCUT2D eigenvalue weighted by molar-refractivity contribution is -0.269. The third-order valence-corrected chi connectivity index (χ3v) is 7.87. The lowest BCUT2D eigenvalue weighted by Crippen LogP contribution is -2.47.